The van der Waals surface area contributed by atoms with Crippen molar-refractivity contribution in [3.05, 3.63) is 29.8 Å². The van der Waals surface area contributed by atoms with Crippen LogP contribution in [-0.4, -0.2) is 82.8 Å². The van der Waals surface area contributed by atoms with E-state index in [1.165, 1.54) is 4.90 Å². The Bertz CT molecular complexity index is 658. The Hall–Kier alpha value is -2.34. The number of hydrogen-bond donors (Lipinski definition) is 3. The first-order chi connectivity index (χ1) is 12.5. The molecule has 3 rings (SSSR count). The van der Waals surface area contributed by atoms with Crippen LogP contribution in [0.5, 0.6) is 5.75 Å². The first kappa shape index (κ1) is 18.5. The van der Waals surface area contributed by atoms with Gasteiger partial charge in [0.05, 0.1) is 17.7 Å². The highest BCUT2D eigenvalue weighted by atomic mass is 16.5. The maximum atomic E-state index is 11.2. The van der Waals surface area contributed by atoms with Crippen molar-refractivity contribution in [3.8, 4) is 11.8 Å². The first-order valence-electron chi connectivity index (χ1n) is 8.65. The number of nitrogens with zero attached hydrogens (tertiary/aromatic N) is 3. The van der Waals surface area contributed by atoms with E-state index in [1.54, 1.807) is 24.3 Å². The zero-order chi connectivity index (χ0) is 18.7. The van der Waals surface area contributed by atoms with Crippen molar-refractivity contribution in [2.75, 3.05) is 39.3 Å². The van der Waals surface area contributed by atoms with Gasteiger partial charge in [-0.25, -0.2) is 4.79 Å². The van der Waals surface area contributed by atoms with Gasteiger partial charge in [0.25, 0.3) is 0 Å². The normalized spacial score (nSPS) is 26.8. The summed E-state index contributed by atoms with van der Waals surface area (Å²) >= 11 is 0. The minimum Gasteiger partial charge on any atom is -0.491 e. The fourth-order valence-electron chi connectivity index (χ4n) is 3.79. The molecule has 26 heavy (non-hydrogen) atoms. The van der Waals surface area contributed by atoms with Crippen molar-refractivity contribution in [3.63, 3.8) is 0 Å². The highest BCUT2D eigenvalue weighted by Crippen LogP contribution is 2.29. The molecular formula is C18H23N3O5. The Balaban J connectivity index is 1.48. The number of likely N-dealkylation sites (tertiary alicyclic amines) is 2. The van der Waals surface area contributed by atoms with Gasteiger partial charge in [-0.3, -0.25) is 4.90 Å². The van der Waals surface area contributed by atoms with E-state index >= 15 is 0 Å². The molecule has 8 nitrogen and oxygen atoms in total. The van der Waals surface area contributed by atoms with Crippen molar-refractivity contribution in [2.24, 2.45) is 11.8 Å². The fraction of sp³-hybridized carbons (Fsp3) is 0.556. The predicted octanol–water partition coefficient (Wildman–Crippen LogP) is 0.200. The van der Waals surface area contributed by atoms with Crippen molar-refractivity contribution >= 4 is 6.09 Å². The monoisotopic (exact) mass is 361 g/mol. The van der Waals surface area contributed by atoms with Gasteiger partial charge in [0.1, 0.15) is 18.5 Å². The molecule has 0 aromatic heterocycles. The molecule has 0 radical (unpaired) electrons. The molecule has 0 saturated carbocycles. The van der Waals surface area contributed by atoms with Gasteiger partial charge in [-0.2, -0.15) is 5.26 Å². The number of ether oxygens (including phenoxy) is 1. The number of aliphatic hydroxyl groups excluding tert-OH is 2. The summed E-state index contributed by atoms with van der Waals surface area (Å²) in [5.74, 6) is 0.321. The van der Waals surface area contributed by atoms with E-state index in [1.807, 2.05) is 6.07 Å². The average molecular weight is 361 g/mol. The van der Waals surface area contributed by atoms with Crippen molar-refractivity contribution in [1.82, 2.24) is 9.80 Å². The smallest absolute Gasteiger partial charge is 0.407 e. The minimum atomic E-state index is -0.948. The van der Waals surface area contributed by atoms with Gasteiger partial charge in [-0.05, 0) is 24.3 Å². The number of fused-ring (bicyclic) bond motifs is 2. The summed E-state index contributed by atoms with van der Waals surface area (Å²) < 4.78 is 5.55. The molecule has 0 spiro atoms. The highest BCUT2D eigenvalue weighted by Gasteiger charge is 2.42. The molecule has 2 saturated heterocycles. The quantitative estimate of drug-likeness (QED) is 0.686. The molecule has 2 bridgehead atoms. The fourth-order valence-corrected chi connectivity index (χ4v) is 3.79. The summed E-state index contributed by atoms with van der Waals surface area (Å²) in [5.41, 5.74) is 0.548. The molecule has 0 aliphatic carbocycles. The first-order valence-corrected chi connectivity index (χ1v) is 8.65. The number of carbonyl (C=O) groups is 1. The van der Waals surface area contributed by atoms with E-state index < -0.39 is 18.3 Å². The van der Waals surface area contributed by atoms with Gasteiger partial charge in [0.15, 0.2) is 0 Å². The van der Waals surface area contributed by atoms with Crippen molar-refractivity contribution in [1.29, 1.82) is 5.26 Å². The standard InChI is InChI=1S/C18H23N3O5/c19-5-12-1-3-16(4-2-12)26-11-15(22)10-20-6-13-8-21(18(24)25)9-14(7-20)17(13)23/h1-4,13-15,17,22-23H,6-11H2,(H,24,25). The third kappa shape index (κ3) is 4.25. The maximum Gasteiger partial charge on any atom is 0.407 e. The number of piperidine rings is 2. The van der Waals surface area contributed by atoms with Crippen LogP contribution in [0, 0.1) is 23.2 Å². The predicted molar refractivity (Wildman–Crippen MR) is 91.7 cm³/mol. The third-order valence-electron chi connectivity index (χ3n) is 5.03. The molecule has 1 aromatic rings. The lowest BCUT2D eigenvalue weighted by Gasteiger charge is -2.48. The van der Waals surface area contributed by atoms with Crippen LogP contribution in [-0.2, 0) is 0 Å². The van der Waals surface area contributed by atoms with Crippen LogP contribution in [0.1, 0.15) is 5.56 Å². The van der Waals surface area contributed by atoms with Crippen LogP contribution in [0.3, 0.4) is 0 Å². The molecule has 2 aliphatic rings. The van der Waals surface area contributed by atoms with Gasteiger partial charge < -0.3 is 25.0 Å². The lowest BCUT2D eigenvalue weighted by atomic mass is 9.81. The zero-order valence-corrected chi connectivity index (χ0v) is 14.4. The summed E-state index contributed by atoms with van der Waals surface area (Å²) in [6.07, 6.45) is -2.14. The van der Waals surface area contributed by atoms with Crippen LogP contribution < -0.4 is 4.74 Å². The molecule has 2 heterocycles. The van der Waals surface area contributed by atoms with Crippen molar-refractivity contribution in [2.45, 2.75) is 12.2 Å². The second-order valence-electron chi connectivity index (χ2n) is 7.02. The SMILES string of the molecule is N#Cc1ccc(OCC(O)CN2CC3CN(C(=O)O)CC(C2)C3O)cc1. The van der Waals surface area contributed by atoms with Gasteiger partial charge >= 0.3 is 6.09 Å². The lowest BCUT2D eigenvalue weighted by Crippen LogP contribution is -2.61. The van der Waals surface area contributed by atoms with E-state index in [9.17, 15) is 15.0 Å². The second-order valence-corrected chi connectivity index (χ2v) is 7.02. The Morgan fingerprint density at radius 3 is 2.38 bits per heavy atom. The molecule has 3 unspecified atom stereocenters. The van der Waals surface area contributed by atoms with Gasteiger partial charge in [0.2, 0.25) is 0 Å². The van der Waals surface area contributed by atoms with E-state index in [0.29, 0.717) is 44.0 Å². The van der Waals surface area contributed by atoms with Gasteiger partial charge in [-0.1, -0.05) is 0 Å². The summed E-state index contributed by atoms with van der Waals surface area (Å²) in [5, 5.41) is 38.5. The Morgan fingerprint density at radius 2 is 1.85 bits per heavy atom. The topological polar surface area (TPSA) is 117 Å². The van der Waals surface area contributed by atoms with E-state index in [0.717, 1.165) is 0 Å². The summed E-state index contributed by atoms with van der Waals surface area (Å²) in [4.78, 5) is 14.6. The highest BCUT2D eigenvalue weighted by molar-refractivity contribution is 5.65. The minimum absolute atomic E-state index is 0.127. The van der Waals surface area contributed by atoms with Gasteiger partial charge in [0, 0.05) is 44.6 Å². The van der Waals surface area contributed by atoms with Crippen LogP contribution in [0.15, 0.2) is 24.3 Å². The molecule has 1 aromatic carbocycles. The van der Waals surface area contributed by atoms with Crippen LogP contribution in [0.2, 0.25) is 0 Å². The molecule has 2 aliphatic heterocycles. The molecule has 140 valence electrons. The average Bonchev–Trinajstić information content (AvgIpc) is 2.61. The summed E-state index contributed by atoms with van der Waals surface area (Å²) in [7, 11) is 0. The largest absolute Gasteiger partial charge is 0.491 e. The lowest BCUT2D eigenvalue weighted by molar-refractivity contribution is -0.0801. The number of rotatable bonds is 5. The molecular weight excluding hydrogens is 338 g/mol. The molecule has 3 N–H and O–H groups in total. The Morgan fingerprint density at radius 1 is 1.23 bits per heavy atom. The summed E-state index contributed by atoms with van der Waals surface area (Å²) in [6, 6.07) is 8.72. The Kier molecular flexibility index (Phi) is 5.61. The summed E-state index contributed by atoms with van der Waals surface area (Å²) in [6.45, 7) is 2.28. The number of β-amino-alcohol motifs (C(OH)–C–C–N with tert-alkyl or cyclic N) is 1. The zero-order valence-electron chi connectivity index (χ0n) is 14.4. The molecule has 3 atom stereocenters. The number of aliphatic hydroxyl groups is 2. The van der Waals surface area contributed by atoms with Crippen LogP contribution in [0.4, 0.5) is 4.79 Å². The molecule has 8 heteroatoms. The van der Waals surface area contributed by atoms with Gasteiger partial charge in [-0.15, -0.1) is 0 Å². The molecule has 1 amide bonds. The number of hydrogen-bond acceptors (Lipinski definition) is 6. The number of carboxylic acid groups (broad SMARTS) is 1. The third-order valence-corrected chi connectivity index (χ3v) is 5.03. The number of benzene rings is 1. The van der Waals surface area contributed by atoms with Crippen LogP contribution in [0.25, 0.3) is 0 Å². The maximum absolute atomic E-state index is 11.2. The number of nitriles is 1. The van der Waals surface area contributed by atoms with Crippen LogP contribution >= 0.6 is 0 Å². The molecule has 2 fully saturated rings. The number of amides is 1. The van der Waals surface area contributed by atoms with E-state index in [2.05, 4.69) is 4.90 Å². The second kappa shape index (κ2) is 7.91. The van der Waals surface area contributed by atoms with E-state index in [-0.39, 0.29) is 18.4 Å². The van der Waals surface area contributed by atoms with E-state index in [4.69, 9.17) is 15.1 Å². The van der Waals surface area contributed by atoms with Crippen molar-refractivity contribution < 1.29 is 24.9 Å². The Labute approximate surface area is 151 Å².